The van der Waals surface area contributed by atoms with Crippen molar-refractivity contribution in [3.8, 4) is 0 Å². The van der Waals surface area contributed by atoms with Gasteiger partial charge in [-0.15, -0.1) is 0 Å². The minimum absolute atomic E-state index is 0.170. The number of thiocarbonyl (C=S) groups is 1. The van der Waals surface area contributed by atoms with Crippen LogP contribution in [0.5, 0.6) is 0 Å². The number of hydrogen-bond acceptors (Lipinski definition) is 2. The van der Waals surface area contributed by atoms with E-state index in [1.54, 1.807) is 24.3 Å². The van der Waals surface area contributed by atoms with Gasteiger partial charge in [0.1, 0.15) is 4.99 Å². The van der Waals surface area contributed by atoms with Crippen molar-refractivity contribution in [2.75, 3.05) is 5.32 Å². The average molecular weight is 298 g/mol. The summed E-state index contributed by atoms with van der Waals surface area (Å²) in [6.45, 7) is 2.14. The molecule has 3 N–H and O–H groups in total. The molecule has 0 spiro atoms. The van der Waals surface area contributed by atoms with Crippen molar-refractivity contribution in [1.29, 1.82) is 0 Å². The van der Waals surface area contributed by atoms with Crippen LogP contribution in [0.4, 0.5) is 5.69 Å². The average Bonchev–Trinajstić information content (AvgIpc) is 2.49. The Balaban J connectivity index is 2.10. The summed E-state index contributed by atoms with van der Waals surface area (Å²) < 4.78 is 0. The van der Waals surface area contributed by atoms with Crippen LogP contribution in [0.15, 0.2) is 48.5 Å². The van der Waals surface area contributed by atoms with E-state index >= 15 is 0 Å². The highest BCUT2D eigenvalue weighted by Gasteiger charge is 2.07. The van der Waals surface area contributed by atoms with Crippen molar-refractivity contribution < 1.29 is 4.79 Å². The minimum atomic E-state index is -0.170. The molecule has 0 heterocycles. The molecule has 0 radical (unpaired) electrons. The first-order valence-corrected chi connectivity index (χ1v) is 7.31. The minimum Gasteiger partial charge on any atom is -0.389 e. The van der Waals surface area contributed by atoms with Crippen LogP contribution in [-0.2, 0) is 6.42 Å². The number of aryl methyl sites for hydroxylation is 1. The molecule has 0 atom stereocenters. The summed E-state index contributed by atoms with van der Waals surface area (Å²) in [5, 5.41) is 2.87. The first-order chi connectivity index (χ1) is 10.1. The molecule has 2 aromatic carbocycles. The third-order valence-electron chi connectivity index (χ3n) is 3.16. The molecule has 0 saturated carbocycles. The third kappa shape index (κ3) is 4.13. The summed E-state index contributed by atoms with van der Waals surface area (Å²) in [4.78, 5) is 12.5. The Morgan fingerprint density at radius 3 is 2.43 bits per heavy atom. The largest absolute Gasteiger partial charge is 0.389 e. The van der Waals surface area contributed by atoms with Gasteiger partial charge in [-0.1, -0.05) is 49.8 Å². The lowest BCUT2D eigenvalue weighted by Gasteiger charge is -2.07. The van der Waals surface area contributed by atoms with Crippen LogP contribution in [0.2, 0.25) is 0 Å². The molecule has 2 aromatic rings. The van der Waals surface area contributed by atoms with Crippen molar-refractivity contribution in [1.82, 2.24) is 0 Å². The van der Waals surface area contributed by atoms with Crippen LogP contribution >= 0.6 is 12.2 Å². The summed E-state index contributed by atoms with van der Waals surface area (Å²) in [6.07, 6.45) is 2.15. The summed E-state index contributed by atoms with van der Waals surface area (Å²) in [5.74, 6) is -0.170. The molecule has 0 aliphatic rings. The number of anilines is 1. The number of rotatable bonds is 5. The lowest BCUT2D eigenvalue weighted by molar-refractivity contribution is 0.102. The lowest BCUT2D eigenvalue weighted by atomic mass is 10.1. The predicted octanol–water partition coefficient (Wildman–Crippen LogP) is 3.53. The van der Waals surface area contributed by atoms with E-state index in [0.29, 0.717) is 11.1 Å². The van der Waals surface area contributed by atoms with Crippen molar-refractivity contribution in [2.24, 2.45) is 5.73 Å². The number of amides is 1. The normalized spacial score (nSPS) is 10.1. The van der Waals surface area contributed by atoms with Crippen LogP contribution in [-0.4, -0.2) is 10.9 Å². The Hall–Kier alpha value is -2.20. The summed E-state index contributed by atoms with van der Waals surface area (Å²) in [5.41, 5.74) is 8.86. The van der Waals surface area contributed by atoms with Gasteiger partial charge in [-0.3, -0.25) is 4.79 Å². The van der Waals surface area contributed by atoms with Gasteiger partial charge in [0.25, 0.3) is 5.91 Å². The first kappa shape index (κ1) is 15.2. The van der Waals surface area contributed by atoms with Gasteiger partial charge in [-0.2, -0.15) is 0 Å². The Kier molecular flexibility index (Phi) is 5.06. The van der Waals surface area contributed by atoms with Crippen LogP contribution in [0.25, 0.3) is 0 Å². The van der Waals surface area contributed by atoms with Crippen molar-refractivity contribution >= 4 is 28.8 Å². The molecule has 0 fully saturated rings. The zero-order valence-electron chi connectivity index (χ0n) is 11.9. The van der Waals surface area contributed by atoms with Gasteiger partial charge in [-0.05, 0) is 36.2 Å². The molecule has 0 aliphatic carbocycles. The Morgan fingerprint density at radius 2 is 1.81 bits per heavy atom. The first-order valence-electron chi connectivity index (χ1n) is 6.90. The maximum absolute atomic E-state index is 12.2. The fraction of sp³-hybridized carbons (Fsp3) is 0.176. The second-order valence-corrected chi connectivity index (χ2v) is 5.29. The van der Waals surface area contributed by atoms with Crippen molar-refractivity contribution in [3.05, 3.63) is 65.2 Å². The molecule has 0 unspecified atom stereocenters. The fourth-order valence-electron chi connectivity index (χ4n) is 2.06. The SMILES string of the molecule is CCCc1ccc(NC(=O)c2cccc(C(N)=S)c2)cc1. The summed E-state index contributed by atoms with van der Waals surface area (Å²) in [7, 11) is 0. The third-order valence-corrected chi connectivity index (χ3v) is 3.40. The van der Waals surface area contributed by atoms with E-state index in [9.17, 15) is 4.79 Å². The van der Waals surface area contributed by atoms with E-state index in [2.05, 4.69) is 12.2 Å². The molecule has 21 heavy (non-hydrogen) atoms. The molecular weight excluding hydrogens is 280 g/mol. The predicted molar refractivity (Wildman–Crippen MR) is 90.7 cm³/mol. The van der Waals surface area contributed by atoms with Crippen molar-refractivity contribution in [3.63, 3.8) is 0 Å². The maximum Gasteiger partial charge on any atom is 0.255 e. The molecule has 4 heteroatoms. The van der Waals surface area contributed by atoms with Gasteiger partial charge in [0, 0.05) is 16.8 Å². The molecule has 1 amide bonds. The standard InChI is InChI=1S/C17H18N2OS/c1-2-4-12-7-9-15(10-8-12)19-17(20)14-6-3-5-13(11-14)16(18)21/h3,5-11H,2,4H2,1H3,(H2,18,21)(H,19,20). The lowest BCUT2D eigenvalue weighted by Crippen LogP contribution is -2.14. The number of carbonyl (C=O) groups excluding carboxylic acids is 1. The highest BCUT2D eigenvalue weighted by Crippen LogP contribution is 2.13. The second kappa shape index (κ2) is 6.99. The fourth-order valence-corrected chi connectivity index (χ4v) is 2.19. The molecule has 3 nitrogen and oxygen atoms in total. The Bertz CT molecular complexity index is 650. The van der Waals surface area contributed by atoms with Crippen LogP contribution < -0.4 is 11.1 Å². The summed E-state index contributed by atoms with van der Waals surface area (Å²) >= 11 is 4.92. The van der Waals surface area contributed by atoms with Gasteiger partial charge in [0.15, 0.2) is 0 Å². The zero-order chi connectivity index (χ0) is 15.2. The molecule has 0 saturated heterocycles. The molecular formula is C17H18N2OS. The number of carbonyl (C=O) groups is 1. The monoisotopic (exact) mass is 298 g/mol. The number of nitrogens with one attached hydrogen (secondary N) is 1. The molecule has 0 bridgehead atoms. The van der Waals surface area contributed by atoms with Gasteiger partial charge >= 0.3 is 0 Å². The topological polar surface area (TPSA) is 55.1 Å². The summed E-state index contributed by atoms with van der Waals surface area (Å²) in [6, 6.07) is 14.9. The zero-order valence-corrected chi connectivity index (χ0v) is 12.7. The van der Waals surface area contributed by atoms with E-state index in [1.165, 1.54) is 5.56 Å². The maximum atomic E-state index is 12.2. The molecule has 2 rings (SSSR count). The van der Waals surface area contributed by atoms with Crippen LogP contribution in [0.1, 0.15) is 34.8 Å². The second-order valence-electron chi connectivity index (χ2n) is 4.85. The van der Waals surface area contributed by atoms with Gasteiger partial charge in [-0.25, -0.2) is 0 Å². The van der Waals surface area contributed by atoms with E-state index in [-0.39, 0.29) is 10.9 Å². The van der Waals surface area contributed by atoms with E-state index in [0.717, 1.165) is 18.5 Å². The van der Waals surface area contributed by atoms with Gasteiger partial charge in [0.05, 0.1) is 0 Å². The number of benzene rings is 2. The number of hydrogen-bond donors (Lipinski definition) is 2. The van der Waals surface area contributed by atoms with Crippen molar-refractivity contribution in [2.45, 2.75) is 19.8 Å². The van der Waals surface area contributed by atoms with E-state index in [4.69, 9.17) is 18.0 Å². The van der Waals surface area contributed by atoms with E-state index in [1.807, 2.05) is 24.3 Å². The highest BCUT2D eigenvalue weighted by atomic mass is 32.1. The van der Waals surface area contributed by atoms with Crippen LogP contribution in [0.3, 0.4) is 0 Å². The Morgan fingerprint density at radius 1 is 1.14 bits per heavy atom. The Labute approximate surface area is 130 Å². The van der Waals surface area contributed by atoms with Gasteiger partial charge < -0.3 is 11.1 Å². The van der Waals surface area contributed by atoms with E-state index < -0.39 is 0 Å². The highest BCUT2D eigenvalue weighted by molar-refractivity contribution is 7.80. The van der Waals surface area contributed by atoms with Crippen LogP contribution in [0, 0.1) is 0 Å². The molecule has 0 aromatic heterocycles. The quantitative estimate of drug-likeness (QED) is 0.830. The molecule has 0 aliphatic heterocycles. The van der Waals surface area contributed by atoms with Gasteiger partial charge in [0.2, 0.25) is 0 Å². The number of nitrogens with two attached hydrogens (primary N) is 1. The smallest absolute Gasteiger partial charge is 0.255 e. The molecule has 108 valence electrons.